The van der Waals surface area contributed by atoms with Crippen molar-refractivity contribution in [3.63, 3.8) is 0 Å². The van der Waals surface area contributed by atoms with Crippen LogP contribution in [0.4, 0.5) is 17.5 Å². The number of benzene rings is 1. The minimum atomic E-state index is 0.162. The van der Waals surface area contributed by atoms with Crippen LogP contribution >= 0.6 is 0 Å². The molecule has 1 aliphatic heterocycles. The molecule has 0 bridgehead atoms. The Morgan fingerprint density at radius 2 is 1.89 bits per heavy atom. The smallest absolute Gasteiger partial charge is 0.229 e. The molecule has 0 radical (unpaired) electrons. The highest BCUT2D eigenvalue weighted by Gasteiger charge is 2.10. The summed E-state index contributed by atoms with van der Waals surface area (Å²) < 4.78 is 11.1. The first kappa shape index (κ1) is 19.4. The fourth-order valence-electron chi connectivity index (χ4n) is 2.90. The quantitative estimate of drug-likeness (QED) is 0.739. The number of anilines is 3. The van der Waals surface area contributed by atoms with E-state index in [1.54, 1.807) is 0 Å². The molecular weight excluding hydrogens is 342 g/mol. The lowest BCUT2D eigenvalue weighted by atomic mass is 10.3. The monoisotopic (exact) mass is 371 g/mol. The molecule has 2 heterocycles. The summed E-state index contributed by atoms with van der Waals surface area (Å²) in [5.41, 5.74) is 1.84. The van der Waals surface area contributed by atoms with Gasteiger partial charge in [-0.25, -0.2) is 4.98 Å². The zero-order valence-corrected chi connectivity index (χ0v) is 16.4. The molecule has 0 aliphatic carbocycles. The summed E-state index contributed by atoms with van der Waals surface area (Å²) in [7, 11) is 0. The molecule has 1 aromatic heterocycles. The summed E-state index contributed by atoms with van der Waals surface area (Å²) in [6.07, 6.45) is 0.162. The Morgan fingerprint density at radius 1 is 1.15 bits per heavy atom. The molecular formula is C20H29N5O2. The molecule has 0 saturated carbocycles. The summed E-state index contributed by atoms with van der Waals surface area (Å²) in [6, 6.07) is 9.78. The molecule has 1 aliphatic rings. The second-order valence-electron chi connectivity index (χ2n) is 6.91. The van der Waals surface area contributed by atoms with Crippen molar-refractivity contribution in [3.8, 4) is 5.75 Å². The minimum absolute atomic E-state index is 0.162. The molecule has 1 saturated heterocycles. The normalized spacial score (nSPS) is 15.0. The maximum absolute atomic E-state index is 5.67. The van der Waals surface area contributed by atoms with Crippen LogP contribution in [0.2, 0.25) is 0 Å². The van der Waals surface area contributed by atoms with Crippen molar-refractivity contribution < 1.29 is 9.47 Å². The average molecular weight is 371 g/mol. The molecule has 27 heavy (non-hydrogen) atoms. The molecule has 0 amide bonds. The van der Waals surface area contributed by atoms with Gasteiger partial charge in [0, 0.05) is 43.6 Å². The molecule has 0 atom stereocenters. The SMILES string of the molecule is Cc1cc(NCCN2CCOCC2)nc(Nc2ccc(OC(C)C)cc2)n1. The summed E-state index contributed by atoms with van der Waals surface area (Å²) in [4.78, 5) is 11.4. The number of hydrogen-bond donors (Lipinski definition) is 2. The van der Waals surface area contributed by atoms with Crippen molar-refractivity contribution in [1.82, 2.24) is 14.9 Å². The van der Waals surface area contributed by atoms with Crippen molar-refractivity contribution in [1.29, 1.82) is 0 Å². The number of aromatic nitrogens is 2. The van der Waals surface area contributed by atoms with Crippen molar-refractivity contribution >= 4 is 17.5 Å². The molecule has 7 nitrogen and oxygen atoms in total. The van der Waals surface area contributed by atoms with Gasteiger partial charge in [0.25, 0.3) is 0 Å². The van der Waals surface area contributed by atoms with Gasteiger partial charge in [-0.3, -0.25) is 4.90 Å². The van der Waals surface area contributed by atoms with E-state index < -0.39 is 0 Å². The summed E-state index contributed by atoms with van der Waals surface area (Å²) in [6.45, 7) is 11.5. The van der Waals surface area contributed by atoms with E-state index in [-0.39, 0.29) is 6.10 Å². The van der Waals surface area contributed by atoms with Gasteiger partial charge in [0.05, 0.1) is 19.3 Å². The van der Waals surface area contributed by atoms with Gasteiger partial charge >= 0.3 is 0 Å². The van der Waals surface area contributed by atoms with Crippen LogP contribution in [-0.4, -0.2) is 60.4 Å². The Labute approximate surface area is 161 Å². The van der Waals surface area contributed by atoms with Gasteiger partial charge in [-0.05, 0) is 45.0 Å². The highest BCUT2D eigenvalue weighted by Crippen LogP contribution is 2.20. The third-order valence-corrected chi connectivity index (χ3v) is 4.17. The number of aryl methyl sites for hydroxylation is 1. The lowest BCUT2D eigenvalue weighted by molar-refractivity contribution is 0.0398. The number of ether oxygens (including phenoxy) is 2. The van der Waals surface area contributed by atoms with E-state index in [1.165, 1.54) is 0 Å². The molecule has 1 aromatic carbocycles. The standard InChI is InChI=1S/C20H29N5O2/c1-15(2)27-18-6-4-17(5-7-18)23-20-22-16(3)14-19(24-20)21-8-9-25-10-12-26-13-11-25/h4-7,14-15H,8-13H2,1-3H3,(H2,21,22,23,24). The maximum Gasteiger partial charge on any atom is 0.229 e. The number of nitrogens with one attached hydrogen (secondary N) is 2. The van der Waals surface area contributed by atoms with Crippen molar-refractivity contribution in [2.45, 2.75) is 26.9 Å². The van der Waals surface area contributed by atoms with Crippen LogP contribution in [0, 0.1) is 6.92 Å². The van der Waals surface area contributed by atoms with Crippen LogP contribution in [0.1, 0.15) is 19.5 Å². The Kier molecular flexibility index (Phi) is 6.84. The topological polar surface area (TPSA) is 71.5 Å². The number of nitrogens with zero attached hydrogens (tertiary/aromatic N) is 3. The van der Waals surface area contributed by atoms with E-state index >= 15 is 0 Å². The molecule has 2 aromatic rings. The molecule has 0 spiro atoms. The first-order valence-electron chi connectivity index (χ1n) is 9.52. The lowest BCUT2D eigenvalue weighted by Gasteiger charge is -2.26. The largest absolute Gasteiger partial charge is 0.491 e. The highest BCUT2D eigenvalue weighted by molar-refractivity contribution is 5.56. The van der Waals surface area contributed by atoms with E-state index in [4.69, 9.17) is 9.47 Å². The van der Waals surface area contributed by atoms with Crippen LogP contribution in [0.15, 0.2) is 30.3 Å². The lowest BCUT2D eigenvalue weighted by Crippen LogP contribution is -2.39. The second kappa shape index (κ2) is 9.53. The third-order valence-electron chi connectivity index (χ3n) is 4.17. The van der Waals surface area contributed by atoms with Gasteiger partial charge in [-0.15, -0.1) is 0 Å². The molecule has 2 N–H and O–H groups in total. The molecule has 146 valence electrons. The van der Waals surface area contributed by atoms with Gasteiger partial charge in [0.2, 0.25) is 5.95 Å². The Morgan fingerprint density at radius 3 is 2.59 bits per heavy atom. The van der Waals surface area contributed by atoms with Gasteiger partial charge in [0.15, 0.2) is 0 Å². The van der Waals surface area contributed by atoms with E-state index in [0.29, 0.717) is 5.95 Å². The maximum atomic E-state index is 5.67. The van der Waals surface area contributed by atoms with E-state index in [2.05, 4.69) is 25.5 Å². The molecule has 1 fully saturated rings. The average Bonchev–Trinajstić information content (AvgIpc) is 2.63. The fourth-order valence-corrected chi connectivity index (χ4v) is 2.90. The number of hydrogen-bond acceptors (Lipinski definition) is 7. The minimum Gasteiger partial charge on any atom is -0.491 e. The van der Waals surface area contributed by atoms with Crippen LogP contribution in [0.5, 0.6) is 5.75 Å². The third kappa shape index (κ3) is 6.37. The summed E-state index contributed by atoms with van der Waals surface area (Å²) >= 11 is 0. The predicted octanol–water partition coefficient (Wildman–Crippen LogP) is 3.06. The van der Waals surface area contributed by atoms with Gasteiger partial charge in [-0.1, -0.05) is 0 Å². The van der Waals surface area contributed by atoms with E-state index in [0.717, 1.165) is 62.3 Å². The highest BCUT2D eigenvalue weighted by atomic mass is 16.5. The fraction of sp³-hybridized carbons (Fsp3) is 0.500. The van der Waals surface area contributed by atoms with Gasteiger partial charge in [-0.2, -0.15) is 4.98 Å². The Balaban J connectivity index is 1.56. The number of rotatable bonds is 8. The van der Waals surface area contributed by atoms with E-state index in [1.807, 2.05) is 51.1 Å². The van der Waals surface area contributed by atoms with Crippen LogP contribution < -0.4 is 15.4 Å². The van der Waals surface area contributed by atoms with Crippen LogP contribution in [0.3, 0.4) is 0 Å². The zero-order chi connectivity index (χ0) is 19.1. The van der Waals surface area contributed by atoms with Crippen molar-refractivity contribution in [3.05, 3.63) is 36.0 Å². The Hall–Kier alpha value is -2.38. The number of morpholine rings is 1. The zero-order valence-electron chi connectivity index (χ0n) is 16.4. The first-order valence-corrected chi connectivity index (χ1v) is 9.52. The first-order chi connectivity index (χ1) is 13.1. The van der Waals surface area contributed by atoms with Crippen molar-refractivity contribution in [2.75, 3.05) is 50.0 Å². The van der Waals surface area contributed by atoms with E-state index in [9.17, 15) is 0 Å². The Bertz CT molecular complexity index is 715. The van der Waals surface area contributed by atoms with Crippen molar-refractivity contribution in [2.24, 2.45) is 0 Å². The predicted molar refractivity (Wildman–Crippen MR) is 108 cm³/mol. The molecule has 0 unspecified atom stereocenters. The summed E-state index contributed by atoms with van der Waals surface area (Å²) in [5, 5.41) is 6.66. The summed E-state index contributed by atoms with van der Waals surface area (Å²) in [5.74, 6) is 2.27. The molecule has 7 heteroatoms. The van der Waals surface area contributed by atoms with Crippen LogP contribution in [0.25, 0.3) is 0 Å². The van der Waals surface area contributed by atoms with Gasteiger partial charge < -0.3 is 20.1 Å². The van der Waals surface area contributed by atoms with Crippen LogP contribution in [-0.2, 0) is 4.74 Å². The molecule has 3 rings (SSSR count). The second-order valence-corrected chi connectivity index (χ2v) is 6.91. The van der Waals surface area contributed by atoms with Gasteiger partial charge in [0.1, 0.15) is 11.6 Å².